The number of rotatable bonds is 3. The molecule has 0 aliphatic carbocycles. The molecule has 1 N–H and O–H groups in total. The van der Waals surface area contributed by atoms with Gasteiger partial charge in [0.15, 0.2) is 0 Å². The summed E-state index contributed by atoms with van der Waals surface area (Å²) in [5.74, 6) is -0.791. The van der Waals surface area contributed by atoms with Crippen LogP contribution in [0.1, 0.15) is 25.0 Å². The van der Waals surface area contributed by atoms with E-state index >= 15 is 0 Å². The molecule has 0 atom stereocenters. The topological polar surface area (TPSA) is 50.4 Å². The third-order valence-electron chi connectivity index (χ3n) is 3.10. The molecule has 2 aromatic rings. The fourth-order valence-corrected chi connectivity index (χ4v) is 2.03. The zero-order valence-corrected chi connectivity index (χ0v) is 10.3. The number of carbonyl (C=O) groups is 1. The van der Waals surface area contributed by atoms with Crippen molar-refractivity contribution in [3.63, 3.8) is 0 Å². The molecule has 0 unspecified atom stereocenters. The maximum absolute atomic E-state index is 11.1. The summed E-state index contributed by atoms with van der Waals surface area (Å²) in [5.41, 5.74) is 2.12. The normalized spacial score (nSPS) is 11.9. The van der Waals surface area contributed by atoms with Gasteiger partial charge in [-0.15, -0.1) is 0 Å². The van der Waals surface area contributed by atoms with Crippen molar-refractivity contribution in [3.8, 4) is 0 Å². The van der Waals surface area contributed by atoms with Crippen molar-refractivity contribution in [1.29, 1.82) is 0 Å². The van der Waals surface area contributed by atoms with E-state index in [0.29, 0.717) is 6.42 Å². The maximum Gasteiger partial charge on any atom is 0.309 e. The van der Waals surface area contributed by atoms with Crippen LogP contribution in [0.3, 0.4) is 0 Å². The van der Waals surface area contributed by atoms with Crippen LogP contribution in [-0.2, 0) is 11.2 Å². The van der Waals surface area contributed by atoms with E-state index < -0.39 is 11.4 Å². The van der Waals surface area contributed by atoms with Crippen LogP contribution in [0, 0.1) is 12.3 Å². The molecule has 3 heteroatoms. The predicted molar refractivity (Wildman–Crippen MR) is 66.1 cm³/mol. The minimum absolute atomic E-state index is 0.472. The first kappa shape index (κ1) is 11.7. The van der Waals surface area contributed by atoms with E-state index in [1.54, 1.807) is 20.1 Å². The van der Waals surface area contributed by atoms with Crippen molar-refractivity contribution in [2.75, 3.05) is 0 Å². The summed E-state index contributed by atoms with van der Waals surface area (Å²) in [7, 11) is 0. The van der Waals surface area contributed by atoms with E-state index in [1.807, 2.05) is 25.1 Å². The molecule has 1 aromatic carbocycles. The zero-order chi connectivity index (χ0) is 12.6. The molecule has 1 aromatic heterocycles. The van der Waals surface area contributed by atoms with E-state index in [9.17, 15) is 4.79 Å². The van der Waals surface area contributed by atoms with Gasteiger partial charge in [0.25, 0.3) is 0 Å². The SMILES string of the molecule is Cc1cccc2occ(CC(C)(C)C(=O)O)c12. The molecule has 2 rings (SSSR count). The maximum atomic E-state index is 11.1. The molecule has 1 heterocycles. The van der Waals surface area contributed by atoms with Crippen LogP contribution in [0.4, 0.5) is 0 Å². The lowest BCUT2D eigenvalue weighted by molar-refractivity contribution is -0.146. The molecule has 0 fully saturated rings. The standard InChI is InChI=1S/C14H16O3/c1-9-5-4-6-11-12(9)10(8-17-11)7-14(2,3)13(15)16/h4-6,8H,7H2,1-3H3,(H,15,16). The molecule has 0 radical (unpaired) electrons. The van der Waals surface area contributed by atoms with Crippen molar-refractivity contribution in [1.82, 2.24) is 0 Å². The Kier molecular flexibility index (Phi) is 2.69. The number of benzene rings is 1. The Bertz CT molecular complexity index is 564. The number of hydrogen-bond acceptors (Lipinski definition) is 2. The van der Waals surface area contributed by atoms with E-state index in [1.165, 1.54) is 0 Å². The van der Waals surface area contributed by atoms with Gasteiger partial charge in [-0.05, 0) is 44.4 Å². The minimum atomic E-state index is -0.791. The van der Waals surface area contributed by atoms with E-state index in [0.717, 1.165) is 22.1 Å². The highest BCUT2D eigenvalue weighted by atomic mass is 16.4. The van der Waals surface area contributed by atoms with Crippen molar-refractivity contribution < 1.29 is 14.3 Å². The Balaban J connectivity index is 2.47. The Hall–Kier alpha value is -1.77. The van der Waals surface area contributed by atoms with Gasteiger partial charge in [-0.2, -0.15) is 0 Å². The van der Waals surface area contributed by atoms with Gasteiger partial charge in [-0.25, -0.2) is 0 Å². The number of furan rings is 1. The molecular weight excluding hydrogens is 216 g/mol. The second-order valence-electron chi connectivity index (χ2n) is 5.07. The third kappa shape index (κ3) is 2.05. The Morgan fingerprint density at radius 3 is 2.76 bits per heavy atom. The molecule has 0 spiro atoms. The molecule has 17 heavy (non-hydrogen) atoms. The molecule has 0 bridgehead atoms. The fourth-order valence-electron chi connectivity index (χ4n) is 2.03. The summed E-state index contributed by atoms with van der Waals surface area (Å²) in [6.45, 7) is 5.47. The van der Waals surface area contributed by atoms with Crippen molar-refractivity contribution in [2.24, 2.45) is 5.41 Å². The number of hydrogen-bond donors (Lipinski definition) is 1. The van der Waals surface area contributed by atoms with Gasteiger partial charge >= 0.3 is 5.97 Å². The van der Waals surface area contributed by atoms with Gasteiger partial charge in [-0.1, -0.05) is 12.1 Å². The quantitative estimate of drug-likeness (QED) is 0.882. The lowest BCUT2D eigenvalue weighted by Gasteiger charge is -2.18. The first-order valence-corrected chi connectivity index (χ1v) is 5.61. The van der Waals surface area contributed by atoms with E-state index in [4.69, 9.17) is 9.52 Å². The summed E-state index contributed by atoms with van der Waals surface area (Å²) in [5, 5.41) is 10.2. The molecule has 0 saturated heterocycles. The van der Waals surface area contributed by atoms with E-state index in [-0.39, 0.29) is 0 Å². The second kappa shape index (κ2) is 3.91. The van der Waals surface area contributed by atoms with Gasteiger partial charge in [-0.3, -0.25) is 4.79 Å². The highest BCUT2D eigenvalue weighted by Gasteiger charge is 2.29. The Morgan fingerprint density at radius 1 is 1.41 bits per heavy atom. The van der Waals surface area contributed by atoms with Crippen molar-refractivity contribution >= 4 is 16.9 Å². The van der Waals surface area contributed by atoms with Gasteiger partial charge < -0.3 is 9.52 Å². The molecule has 0 saturated carbocycles. The van der Waals surface area contributed by atoms with Crippen LogP contribution in [0.15, 0.2) is 28.9 Å². The van der Waals surface area contributed by atoms with Crippen LogP contribution in [0.2, 0.25) is 0 Å². The summed E-state index contributed by atoms with van der Waals surface area (Å²) in [4.78, 5) is 11.1. The van der Waals surface area contributed by atoms with Crippen LogP contribution in [0.5, 0.6) is 0 Å². The van der Waals surface area contributed by atoms with Crippen molar-refractivity contribution in [2.45, 2.75) is 27.2 Å². The molecule has 90 valence electrons. The lowest BCUT2D eigenvalue weighted by atomic mass is 9.85. The third-order valence-corrected chi connectivity index (χ3v) is 3.10. The molecular formula is C14H16O3. The van der Waals surface area contributed by atoms with E-state index in [2.05, 4.69) is 0 Å². The van der Waals surface area contributed by atoms with Crippen LogP contribution in [-0.4, -0.2) is 11.1 Å². The number of carboxylic acids is 1. The average molecular weight is 232 g/mol. The number of fused-ring (bicyclic) bond motifs is 1. The predicted octanol–water partition coefficient (Wildman–Crippen LogP) is 3.39. The molecule has 3 nitrogen and oxygen atoms in total. The van der Waals surface area contributed by atoms with Crippen LogP contribution < -0.4 is 0 Å². The van der Waals surface area contributed by atoms with Gasteiger partial charge in [0.05, 0.1) is 11.7 Å². The largest absolute Gasteiger partial charge is 0.481 e. The van der Waals surface area contributed by atoms with Gasteiger partial charge in [0.1, 0.15) is 5.58 Å². The zero-order valence-electron chi connectivity index (χ0n) is 10.3. The Labute approximate surface area is 100 Å². The summed E-state index contributed by atoms with van der Waals surface area (Å²) < 4.78 is 5.46. The smallest absolute Gasteiger partial charge is 0.309 e. The molecule has 0 aliphatic rings. The highest BCUT2D eigenvalue weighted by Crippen LogP contribution is 2.30. The summed E-state index contributed by atoms with van der Waals surface area (Å²) in [6, 6.07) is 5.85. The highest BCUT2D eigenvalue weighted by molar-refractivity contribution is 5.85. The van der Waals surface area contributed by atoms with Crippen molar-refractivity contribution in [3.05, 3.63) is 35.6 Å². The summed E-state index contributed by atoms with van der Waals surface area (Å²) >= 11 is 0. The van der Waals surface area contributed by atoms with Crippen LogP contribution in [0.25, 0.3) is 11.0 Å². The number of aryl methyl sites for hydroxylation is 1. The minimum Gasteiger partial charge on any atom is -0.481 e. The number of aliphatic carboxylic acids is 1. The molecule has 0 aliphatic heterocycles. The monoisotopic (exact) mass is 232 g/mol. The van der Waals surface area contributed by atoms with Gasteiger partial charge in [0.2, 0.25) is 0 Å². The summed E-state index contributed by atoms with van der Waals surface area (Å²) in [6.07, 6.45) is 2.14. The molecule has 0 amide bonds. The lowest BCUT2D eigenvalue weighted by Crippen LogP contribution is -2.26. The number of carboxylic acid groups (broad SMARTS) is 1. The average Bonchev–Trinajstić information content (AvgIpc) is 2.62. The first-order chi connectivity index (χ1) is 7.92. The second-order valence-corrected chi connectivity index (χ2v) is 5.07. The first-order valence-electron chi connectivity index (χ1n) is 5.61. The van der Waals surface area contributed by atoms with Crippen LogP contribution >= 0.6 is 0 Å². The van der Waals surface area contributed by atoms with Gasteiger partial charge in [0, 0.05) is 5.39 Å². The fraction of sp³-hybridized carbons (Fsp3) is 0.357. The Morgan fingerprint density at radius 2 is 2.12 bits per heavy atom.